The van der Waals surface area contributed by atoms with Gasteiger partial charge in [0, 0.05) is 6.42 Å². The van der Waals surface area contributed by atoms with E-state index in [1.54, 1.807) is 20.8 Å². The van der Waals surface area contributed by atoms with Gasteiger partial charge < -0.3 is 14.8 Å². The normalized spacial score (nSPS) is 12.2. The van der Waals surface area contributed by atoms with E-state index in [4.69, 9.17) is 9.47 Å². The average molecular weight is 383 g/mol. The fourth-order valence-electron chi connectivity index (χ4n) is 2.90. The SMILES string of the molecule is Cc1cc(C)cc(COC(=O)[C@H](Cc2ccccc2)NC(=O)OC(C)(C)C)c1. The number of aryl methyl sites for hydroxylation is 2. The van der Waals surface area contributed by atoms with E-state index < -0.39 is 23.7 Å². The zero-order valence-electron chi connectivity index (χ0n) is 17.2. The summed E-state index contributed by atoms with van der Waals surface area (Å²) in [4.78, 5) is 24.9. The molecular weight excluding hydrogens is 354 g/mol. The highest BCUT2D eigenvalue weighted by atomic mass is 16.6. The number of alkyl carbamates (subject to hydrolysis) is 1. The van der Waals surface area contributed by atoms with Crippen molar-refractivity contribution in [3.05, 3.63) is 70.8 Å². The molecule has 0 bridgehead atoms. The molecule has 28 heavy (non-hydrogen) atoms. The molecule has 5 heteroatoms. The highest BCUT2D eigenvalue weighted by Gasteiger charge is 2.26. The number of ether oxygens (including phenoxy) is 2. The molecule has 0 aromatic heterocycles. The Morgan fingerprint density at radius 1 is 0.964 bits per heavy atom. The number of esters is 1. The van der Waals surface area contributed by atoms with Gasteiger partial charge in [0.2, 0.25) is 0 Å². The second-order valence-electron chi connectivity index (χ2n) is 7.99. The lowest BCUT2D eigenvalue weighted by molar-refractivity contribution is -0.147. The fraction of sp³-hybridized carbons (Fsp3) is 0.391. The molecule has 150 valence electrons. The van der Waals surface area contributed by atoms with E-state index in [1.807, 2.05) is 56.3 Å². The highest BCUT2D eigenvalue weighted by Crippen LogP contribution is 2.12. The molecule has 2 rings (SSSR count). The molecule has 0 radical (unpaired) electrons. The highest BCUT2D eigenvalue weighted by molar-refractivity contribution is 5.81. The van der Waals surface area contributed by atoms with Gasteiger partial charge >= 0.3 is 12.1 Å². The Kier molecular flexibility index (Phi) is 7.21. The van der Waals surface area contributed by atoms with Gasteiger partial charge in [0.15, 0.2) is 0 Å². The first-order valence-electron chi connectivity index (χ1n) is 9.39. The van der Waals surface area contributed by atoms with Gasteiger partial charge in [-0.15, -0.1) is 0 Å². The van der Waals surface area contributed by atoms with Crippen molar-refractivity contribution in [3.63, 3.8) is 0 Å². The lowest BCUT2D eigenvalue weighted by Crippen LogP contribution is -2.45. The molecule has 0 saturated carbocycles. The topological polar surface area (TPSA) is 64.6 Å². The Labute approximate surface area is 167 Å². The number of hydrogen-bond donors (Lipinski definition) is 1. The molecule has 1 N–H and O–H groups in total. The Morgan fingerprint density at radius 3 is 2.14 bits per heavy atom. The van der Waals surface area contributed by atoms with Crippen molar-refractivity contribution in [2.75, 3.05) is 0 Å². The van der Waals surface area contributed by atoms with Gasteiger partial charge in [0.25, 0.3) is 0 Å². The third kappa shape index (κ3) is 7.43. The largest absolute Gasteiger partial charge is 0.459 e. The second-order valence-corrected chi connectivity index (χ2v) is 7.99. The summed E-state index contributed by atoms with van der Waals surface area (Å²) in [6.07, 6.45) is -0.317. The van der Waals surface area contributed by atoms with Crippen LogP contribution in [0.4, 0.5) is 4.79 Å². The lowest BCUT2D eigenvalue weighted by atomic mass is 10.1. The summed E-state index contributed by atoms with van der Waals surface area (Å²) >= 11 is 0. The van der Waals surface area contributed by atoms with Crippen molar-refractivity contribution in [2.24, 2.45) is 0 Å². The van der Waals surface area contributed by atoms with Crippen LogP contribution in [-0.2, 0) is 27.3 Å². The van der Waals surface area contributed by atoms with Gasteiger partial charge in [0.05, 0.1) is 0 Å². The van der Waals surface area contributed by atoms with E-state index in [1.165, 1.54) is 0 Å². The predicted molar refractivity (Wildman–Crippen MR) is 109 cm³/mol. The Morgan fingerprint density at radius 2 is 1.57 bits per heavy atom. The van der Waals surface area contributed by atoms with E-state index in [0.29, 0.717) is 6.42 Å². The average Bonchev–Trinajstić information content (AvgIpc) is 2.57. The molecule has 0 fully saturated rings. The lowest BCUT2D eigenvalue weighted by Gasteiger charge is -2.23. The Balaban J connectivity index is 2.07. The summed E-state index contributed by atoms with van der Waals surface area (Å²) in [6, 6.07) is 14.7. The molecule has 0 unspecified atom stereocenters. The summed E-state index contributed by atoms with van der Waals surface area (Å²) < 4.78 is 10.8. The van der Waals surface area contributed by atoms with E-state index >= 15 is 0 Å². The maximum Gasteiger partial charge on any atom is 0.408 e. The van der Waals surface area contributed by atoms with Crippen molar-refractivity contribution in [3.8, 4) is 0 Å². The van der Waals surface area contributed by atoms with Crippen LogP contribution >= 0.6 is 0 Å². The Hall–Kier alpha value is -2.82. The summed E-state index contributed by atoms with van der Waals surface area (Å²) in [6.45, 7) is 9.48. The number of nitrogens with one attached hydrogen (secondary N) is 1. The standard InChI is InChI=1S/C23H29NO4/c1-16-11-17(2)13-19(12-16)15-27-21(25)20(14-18-9-7-6-8-10-18)24-22(26)28-23(3,4)5/h6-13,20H,14-15H2,1-5H3,(H,24,26)/t20-/m0/s1. The third-order valence-corrected chi connectivity index (χ3v) is 3.92. The van der Waals surface area contributed by atoms with Crippen molar-refractivity contribution in [2.45, 2.75) is 59.3 Å². The zero-order chi connectivity index (χ0) is 20.7. The van der Waals surface area contributed by atoms with Gasteiger partial charge in [-0.3, -0.25) is 0 Å². The molecule has 0 spiro atoms. The third-order valence-electron chi connectivity index (χ3n) is 3.92. The molecule has 1 atom stereocenters. The van der Waals surface area contributed by atoms with E-state index in [-0.39, 0.29) is 6.61 Å². The van der Waals surface area contributed by atoms with Crippen LogP contribution in [0.5, 0.6) is 0 Å². The van der Waals surface area contributed by atoms with Gasteiger partial charge in [-0.25, -0.2) is 9.59 Å². The molecule has 2 aromatic carbocycles. The van der Waals surface area contributed by atoms with Crippen molar-refractivity contribution >= 4 is 12.1 Å². The number of rotatable bonds is 6. The molecule has 0 saturated heterocycles. The molecular formula is C23H29NO4. The molecule has 1 amide bonds. The van der Waals surface area contributed by atoms with Crippen LogP contribution < -0.4 is 5.32 Å². The van der Waals surface area contributed by atoms with Crippen molar-refractivity contribution in [1.29, 1.82) is 0 Å². The number of carbonyl (C=O) groups excluding carboxylic acids is 2. The molecule has 0 aliphatic heterocycles. The van der Waals surface area contributed by atoms with Gasteiger partial charge in [-0.1, -0.05) is 59.7 Å². The van der Waals surface area contributed by atoms with Crippen LogP contribution in [0.2, 0.25) is 0 Å². The zero-order valence-corrected chi connectivity index (χ0v) is 17.2. The van der Waals surface area contributed by atoms with E-state index in [2.05, 4.69) is 11.4 Å². The molecule has 0 heterocycles. The minimum Gasteiger partial charge on any atom is -0.459 e. The first-order valence-corrected chi connectivity index (χ1v) is 9.39. The first-order chi connectivity index (χ1) is 13.1. The van der Waals surface area contributed by atoms with Gasteiger partial charge in [-0.05, 0) is 45.7 Å². The van der Waals surface area contributed by atoms with Crippen LogP contribution in [0.3, 0.4) is 0 Å². The van der Waals surface area contributed by atoms with E-state index in [9.17, 15) is 9.59 Å². The molecule has 0 aliphatic rings. The second kappa shape index (κ2) is 9.40. The molecule has 2 aromatic rings. The number of benzene rings is 2. The van der Waals surface area contributed by atoms with Crippen LogP contribution in [0.1, 0.15) is 43.0 Å². The van der Waals surface area contributed by atoms with Crippen LogP contribution in [0.15, 0.2) is 48.5 Å². The van der Waals surface area contributed by atoms with Crippen LogP contribution in [-0.4, -0.2) is 23.7 Å². The van der Waals surface area contributed by atoms with Crippen LogP contribution in [0, 0.1) is 13.8 Å². The molecule has 5 nitrogen and oxygen atoms in total. The monoisotopic (exact) mass is 383 g/mol. The van der Waals surface area contributed by atoms with Crippen molar-refractivity contribution in [1.82, 2.24) is 5.32 Å². The minimum absolute atomic E-state index is 0.155. The maximum absolute atomic E-state index is 12.7. The smallest absolute Gasteiger partial charge is 0.408 e. The summed E-state index contributed by atoms with van der Waals surface area (Å²) in [5.74, 6) is -0.492. The quantitative estimate of drug-likeness (QED) is 0.747. The number of carbonyl (C=O) groups is 2. The minimum atomic E-state index is -0.830. The summed E-state index contributed by atoms with van der Waals surface area (Å²) in [5.41, 5.74) is 3.41. The van der Waals surface area contributed by atoms with Crippen molar-refractivity contribution < 1.29 is 19.1 Å². The number of amides is 1. The number of hydrogen-bond acceptors (Lipinski definition) is 4. The molecule has 0 aliphatic carbocycles. The Bertz CT molecular complexity index is 789. The van der Waals surface area contributed by atoms with Gasteiger partial charge in [0.1, 0.15) is 18.2 Å². The maximum atomic E-state index is 12.7. The van der Waals surface area contributed by atoms with Crippen LogP contribution in [0.25, 0.3) is 0 Å². The predicted octanol–water partition coefficient (Wildman–Crippen LogP) is 4.48. The fourth-order valence-corrected chi connectivity index (χ4v) is 2.90. The first kappa shape index (κ1) is 21.5. The van der Waals surface area contributed by atoms with Gasteiger partial charge in [-0.2, -0.15) is 0 Å². The van der Waals surface area contributed by atoms with E-state index in [0.717, 1.165) is 22.3 Å². The summed E-state index contributed by atoms with van der Waals surface area (Å²) in [7, 11) is 0. The summed E-state index contributed by atoms with van der Waals surface area (Å²) in [5, 5.41) is 2.65.